The van der Waals surface area contributed by atoms with Crippen LogP contribution in [0.5, 0.6) is 11.5 Å². The number of nitro benzene ring substituents is 1. The summed E-state index contributed by atoms with van der Waals surface area (Å²) in [7, 11) is 0. The molecule has 1 heterocycles. The number of benzene rings is 2. The van der Waals surface area contributed by atoms with E-state index < -0.39 is 4.92 Å². The van der Waals surface area contributed by atoms with E-state index in [1.807, 2.05) is 0 Å². The molecule has 8 heteroatoms. The Morgan fingerprint density at radius 3 is 2.84 bits per heavy atom. The lowest BCUT2D eigenvalue weighted by atomic mass is 10.1. The van der Waals surface area contributed by atoms with Crippen LogP contribution in [-0.4, -0.2) is 24.0 Å². The molecule has 1 amide bonds. The van der Waals surface area contributed by atoms with Gasteiger partial charge in [-0.15, -0.1) is 0 Å². The molecule has 1 aliphatic heterocycles. The second-order valence-corrected chi connectivity index (χ2v) is 5.94. The Morgan fingerprint density at radius 2 is 2.08 bits per heavy atom. The van der Waals surface area contributed by atoms with Crippen molar-refractivity contribution in [2.75, 3.05) is 18.5 Å². The van der Waals surface area contributed by atoms with Gasteiger partial charge >= 0.3 is 0 Å². The minimum Gasteiger partial charge on any atom is -0.486 e. The highest BCUT2D eigenvalue weighted by atomic mass is 35.5. The van der Waals surface area contributed by atoms with E-state index in [-0.39, 0.29) is 18.0 Å². The summed E-state index contributed by atoms with van der Waals surface area (Å²) in [6.07, 6.45) is 0.0541. The summed E-state index contributed by atoms with van der Waals surface area (Å²) in [6, 6.07) is 7.90. The van der Waals surface area contributed by atoms with E-state index in [0.29, 0.717) is 46.5 Å². The van der Waals surface area contributed by atoms with Crippen LogP contribution in [-0.2, 0) is 11.2 Å². The molecule has 0 atom stereocenters. The number of nitro groups is 1. The lowest BCUT2D eigenvalue weighted by Crippen LogP contribution is -2.18. The molecule has 0 saturated heterocycles. The zero-order chi connectivity index (χ0) is 18.0. The van der Waals surface area contributed by atoms with E-state index >= 15 is 0 Å². The van der Waals surface area contributed by atoms with Gasteiger partial charge in [0.25, 0.3) is 5.69 Å². The van der Waals surface area contributed by atoms with E-state index in [4.69, 9.17) is 21.1 Å². The van der Waals surface area contributed by atoms with Gasteiger partial charge in [0, 0.05) is 6.07 Å². The predicted molar refractivity (Wildman–Crippen MR) is 92.6 cm³/mol. The van der Waals surface area contributed by atoms with Crippen molar-refractivity contribution in [3.8, 4) is 11.5 Å². The quantitative estimate of drug-likeness (QED) is 0.664. The van der Waals surface area contributed by atoms with Gasteiger partial charge in [-0.25, -0.2) is 0 Å². The Balaban J connectivity index is 1.76. The van der Waals surface area contributed by atoms with Crippen molar-refractivity contribution in [3.63, 3.8) is 0 Å². The number of hydrogen-bond donors (Lipinski definition) is 1. The smallest absolute Gasteiger partial charge is 0.274 e. The molecule has 1 N–H and O–H groups in total. The minimum absolute atomic E-state index is 0.0415. The molecule has 7 nitrogen and oxygen atoms in total. The van der Waals surface area contributed by atoms with Crippen LogP contribution in [0.4, 0.5) is 11.4 Å². The molecule has 130 valence electrons. The van der Waals surface area contributed by atoms with Crippen molar-refractivity contribution in [3.05, 3.63) is 56.6 Å². The molecule has 0 aliphatic carbocycles. The Labute approximate surface area is 148 Å². The Kier molecular flexibility index (Phi) is 4.76. The van der Waals surface area contributed by atoms with Crippen molar-refractivity contribution in [2.24, 2.45) is 0 Å². The summed E-state index contributed by atoms with van der Waals surface area (Å²) in [4.78, 5) is 22.8. The predicted octanol–water partition coefficient (Wildman–Crippen LogP) is 3.51. The van der Waals surface area contributed by atoms with Crippen LogP contribution in [0.25, 0.3) is 0 Å². The van der Waals surface area contributed by atoms with Gasteiger partial charge in [0.15, 0.2) is 11.5 Å². The summed E-state index contributed by atoms with van der Waals surface area (Å²) in [5, 5.41) is 14.1. The summed E-state index contributed by atoms with van der Waals surface area (Å²) in [6.45, 7) is 2.44. The highest BCUT2D eigenvalue weighted by molar-refractivity contribution is 6.32. The number of rotatable bonds is 4. The Bertz CT molecular complexity index is 853. The van der Waals surface area contributed by atoms with E-state index in [2.05, 4.69) is 5.32 Å². The standard InChI is InChI=1S/C17H15ClN2O5/c1-10-13(3-2-4-14(10)20(22)23)19-16(21)9-11-7-12(18)17-15(8-11)24-5-6-25-17/h2-4,7-8H,5-6,9H2,1H3,(H,19,21). The molecule has 25 heavy (non-hydrogen) atoms. The normalized spacial score (nSPS) is 12.6. The molecule has 2 aromatic carbocycles. The molecule has 2 aromatic rings. The van der Waals surface area contributed by atoms with Crippen molar-refractivity contribution in [1.82, 2.24) is 0 Å². The fraction of sp³-hybridized carbons (Fsp3) is 0.235. The molecule has 0 aromatic heterocycles. The van der Waals surface area contributed by atoms with E-state index in [0.717, 1.165) is 0 Å². The number of anilines is 1. The summed E-state index contributed by atoms with van der Waals surface area (Å²) in [5.41, 5.74) is 1.43. The molecular weight excluding hydrogens is 348 g/mol. The number of halogens is 1. The maximum absolute atomic E-state index is 12.3. The van der Waals surface area contributed by atoms with Crippen LogP contribution in [0.2, 0.25) is 5.02 Å². The van der Waals surface area contributed by atoms with Crippen molar-refractivity contribution >= 4 is 28.9 Å². The largest absolute Gasteiger partial charge is 0.486 e. The first-order chi connectivity index (χ1) is 12.0. The van der Waals surface area contributed by atoms with Gasteiger partial charge in [-0.3, -0.25) is 14.9 Å². The molecule has 0 saturated carbocycles. The van der Waals surface area contributed by atoms with Gasteiger partial charge < -0.3 is 14.8 Å². The average molecular weight is 363 g/mol. The Hall–Kier alpha value is -2.80. The Morgan fingerprint density at radius 1 is 1.32 bits per heavy atom. The van der Waals surface area contributed by atoms with Crippen molar-refractivity contribution in [1.29, 1.82) is 0 Å². The first-order valence-electron chi connectivity index (χ1n) is 7.57. The molecule has 0 fully saturated rings. The van der Waals surface area contributed by atoms with Crippen LogP contribution in [0.1, 0.15) is 11.1 Å². The molecule has 1 aliphatic rings. The summed E-state index contributed by atoms with van der Waals surface area (Å²) < 4.78 is 10.9. The molecule has 0 radical (unpaired) electrons. The average Bonchev–Trinajstić information content (AvgIpc) is 2.56. The van der Waals surface area contributed by atoms with Gasteiger partial charge in [0.2, 0.25) is 5.91 Å². The van der Waals surface area contributed by atoms with Crippen LogP contribution >= 0.6 is 11.6 Å². The van der Waals surface area contributed by atoms with Crippen LogP contribution < -0.4 is 14.8 Å². The van der Waals surface area contributed by atoms with E-state index in [1.165, 1.54) is 12.1 Å². The SMILES string of the molecule is Cc1c(NC(=O)Cc2cc(Cl)c3c(c2)OCCO3)cccc1[N+](=O)[O-]. The fourth-order valence-electron chi connectivity index (χ4n) is 2.60. The number of fused-ring (bicyclic) bond motifs is 1. The van der Waals surface area contributed by atoms with Gasteiger partial charge in [-0.05, 0) is 30.7 Å². The highest BCUT2D eigenvalue weighted by Gasteiger charge is 2.19. The fourth-order valence-corrected chi connectivity index (χ4v) is 2.89. The number of carbonyl (C=O) groups excluding carboxylic acids is 1. The van der Waals surface area contributed by atoms with Gasteiger partial charge in [-0.2, -0.15) is 0 Å². The summed E-state index contributed by atoms with van der Waals surface area (Å²) in [5.74, 6) is 0.677. The number of nitrogens with zero attached hydrogens (tertiary/aromatic N) is 1. The highest BCUT2D eigenvalue weighted by Crippen LogP contribution is 2.38. The molecular formula is C17H15ClN2O5. The monoisotopic (exact) mass is 362 g/mol. The van der Waals surface area contributed by atoms with Crippen molar-refractivity contribution in [2.45, 2.75) is 13.3 Å². The van der Waals surface area contributed by atoms with E-state index in [1.54, 1.807) is 25.1 Å². The van der Waals surface area contributed by atoms with Gasteiger partial charge in [-0.1, -0.05) is 17.7 Å². The molecule has 0 bridgehead atoms. The van der Waals surface area contributed by atoms with Gasteiger partial charge in [0.05, 0.1) is 27.6 Å². The maximum atomic E-state index is 12.3. The number of hydrogen-bond acceptors (Lipinski definition) is 5. The number of amides is 1. The van der Waals surface area contributed by atoms with Crippen LogP contribution in [0, 0.1) is 17.0 Å². The number of carbonyl (C=O) groups is 1. The third-order valence-electron chi connectivity index (χ3n) is 3.80. The third kappa shape index (κ3) is 3.66. The zero-order valence-electron chi connectivity index (χ0n) is 13.4. The molecule has 3 rings (SSSR count). The maximum Gasteiger partial charge on any atom is 0.274 e. The summed E-state index contributed by atoms with van der Waals surface area (Å²) >= 11 is 6.16. The lowest BCUT2D eigenvalue weighted by Gasteiger charge is -2.20. The second kappa shape index (κ2) is 6.98. The second-order valence-electron chi connectivity index (χ2n) is 5.53. The molecule has 0 unspecified atom stereocenters. The number of ether oxygens (including phenoxy) is 2. The van der Waals surface area contributed by atoms with Gasteiger partial charge in [0.1, 0.15) is 13.2 Å². The van der Waals surface area contributed by atoms with Crippen LogP contribution in [0.15, 0.2) is 30.3 Å². The first-order valence-corrected chi connectivity index (χ1v) is 7.95. The number of nitrogens with one attached hydrogen (secondary N) is 1. The topological polar surface area (TPSA) is 90.7 Å². The first kappa shape index (κ1) is 17.0. The zero-order valence-corrected chi connectivity index (χ0v) is 14.1. The minimum atomic E-state index is -0.481. The lowest BCUT2D eigenvalue weighted by molar-refractivity contribution is -0.385. The van der Waals surface area contributed by atoms with Crippen LogP contribution in [0.3, 0.4) is 0 Å². The third-order valence-corrected chi connectivity index (χ3v) is 4.08. The van der Waals surface area contributed by atoms with E-state index in [9.17, 15) is 14.9 Å². The van der Waals surface area contributed by atoms with Crippen molar-refractivity contribution < 1.29 is 19.2 Å². The molecule has 0 spiro atoms.